The molecule has 0 saturated carbocycles. The Balaban J connectivity index is 1.34. The maximum Gasteiger partial charge on any atom is 0.260 e. The maximum atomic E-state index is 12.6. The number of aromatic nitrogens is 3. The van der Waals surface area contributed by atoms with E-state index >= 15 is 0 Å². The zero-order chi connectivity index (χ0) is 19.5. The average Bonchev–Trinajstić information content (AvgIpc) is 3.17. The Morgan fingerprint density at radius 2 is 1.96 bits per heavy atom. The topological polar surface area (TPSA) is 69.0 Å². The van der Waals surface area contributed by atoms with Gasteiger partial charge < -0.3 is 14.4 Å². The Morgan fingerprint density at radius 1 is 1.14 bits per heavy atom. The maximum absolute atomic E-state index is 12.6. The molecule has 1 aromatic carbocycles. The number of piperidine rings is 1. The van der Waals surface area contributed by atoms with Gasteiger partial charge in [0.2, 0.25) is 0 Å². The lowest BCUT2D eigenvalue weighted by Gasteiger charge is -2.31. The number of hydrogen-bond acceptors (Lipinski definition) is 5. The zero-order valence-corrected chi connectivity index (χ0v) is 16.2. The summed E-state index contributed by atoms with van der Waals surface area (Å²) in [6.45, 7) is 3.39. The summed E-state index contributed by atoms with van der Waals surface area (Å²) in [5.74, 6) is 2.51. The number of hydrogen-bond donors (Lipinski definition) is 0. The van der Waals surface area contributed by atoms with Crippen molar-refractivity contribution in [1.29, 1.82) is 0 Å². The molecule has 0 aliphatic carbocycles. The van der Waals surface area contributed by atoms with Gasteiger partial charge in [-0.2, -0.15) is 0 Å². The van der Waals surface area contributed by atoms with Crippen LogP contribution in [-0.2, 0) is 4.79 Å². The summed E-state index contributed by atoms with van der Waals surface area (Å²) in [6.07, 6.45) is 3.73. The molecule has 1 saturated heterocycles. The number of carbonyl (C=O) groups is 1. The molecule has 0 radical (unpaired) electrons. The van der Waals surface area contributed by atoms with Gasteiger partial charge in [-0.15, -0.1) is 10.2 Å². The molecule has 7 heteroatoms. The molecule has 0 atom stereocenters. The highest BCUT2D eigenvalue weighted by molar-refractivity contribution is 5.78. The van der Waals surface area contributed by atoms with Crippen LogP contribution in [0.15, 0.2) is 42.6 Å². The highest BCUT2D eigenvalue weighted by Gasteiger charge is 2.27. The molecule has 4 rings (SSSR count). The van der Waals surface area contributed by atoms with Crippen LogP contribution >= 0.6 is 0 Å². The van der Waals surface area contributed by atoms with Crippen LogP contribution in [0.3, 0.4) is 0 Å². The third kappa shape index (κ3) is 3.65. The van der Waals surface area contributed by atoms with Gasteiger partial charge in [0, 0.05) is 25.2 Å². The Labute approximate surface area is 163 Å². The van der Waals surface area contributed by atoms with E-state index in [4.69, 9.17) is 9.47 Å². The van der Waals surface area contributed by atoms with Gasteiger partial charge in [-0.05, 0) is 49.6 Å². The van der Waals surface area contributed by atoms with E-state index in [9.17, 15) is 4.79 Å². The number of likely N-dealkylation sites (tertiary alicyclic amines) is 1. The summed E-state index contributed by atoms with van der Waals surface area (Å²) in [7, 11) is 1.60. The monoisotopic (exact) mass is 380 g/mol. The second-order valence-corrected chi connectivity index (χ2v) is 7.09. The predicted octanol–water partition coefficient (Wildman–Crippen LogP) is 2.83. The number of ether oxygens (including phenoxy) is 2. The van der Waals surface area contributed by atoms with E-state index in [0.717, 1.165) is 29.9 Å². The average molecular weight is 380 g/mol. The van der Waals surface area contributed by atoms with Crippen molar-refractivity contribution >= 4 is 11.6 Å². The van der Waals surface area contributed by atoms with Crippen molar-refractivity contribution < 1.29 is 14.3 Å². The van der Waals surface area contributed by atoms with Crippen LogP contribution in [0.4, 0.5) is 0 Å². The number of methoxy groups -OCH3 is 1. The first-order valence-corrected chi connectivity index (χ1v) is 9.50. The van der Waals surface area contributed by atoms with Crippen LogP contribution in [0.25, 0.3) is 5.65 Å². The van der Waals surface area contributed by atoms with Crippen molar-refractivity contribution in [2.24, 2.45) is 0 Å². The molecular weight excluding hydrogens is 356 g/mol. The molecule has 7 nitrogen and oxygen atoms in total. The van der Waals surface area contributed by atoms with Crippen LogP contribution in [-0.4, -0.2) is 52.2 Å². The van der Waals surface area contributed by atoms with Crippen LogP contribution in [0.1, 0.15) is 30.1 Å². The van der Waals surface area contributed by atoms with Crippen molar-refractivity contribution in [3.63, 3.8) is 0 Å². The van der Waals surface area contributed by atoms with Crippen molar-refractivity contribution in [3.05, 3.63) is 54.0 Å². The summed E-state index contributed by atoms with van der Waals surface area (Å²) in [6, 6.07) is 11.6. The Morgan fingerprint density at radius 3 is 2.75 bits per heavy atom. The fraction of sp³-hybridized carbons (Fsp3) is 0.381. The first-order valence-electron chi connectivity index (χ1n) is 9.50. The quantitative estimate of drug-likeness (QED) is 0.681. The molecule has 3 heterocycles. The van der Waals surface area contributed by atoms with Gasteiger partial charge in [0.1, 0.15) is 5.82 Å². The van der Waals surface area contributed by atoms with Gasteiger partial charge in [0.15, 0.2) is 23.8 Å². The molecule has 2 aromatic heterocycles. The third-order valence-electron chi connectivity index (χ3n) is 5.22. The fourth-order valence-corrected chi connectivity index (χ4v) is 3.65. The minimum Gasteiger partial charge on any atom is -0.493 e. The van der Waals surface area contributed by atoms with Crippen molar-refractivity contribution in [2.45, 2.75) is 25.7 Å². The minimum absolute atomic E-state index is 0.00724. The lowest BCUT2D eigenvalue weighted by molar-refractivity contribution is -0.134. The highest BCUT2D eigenvalue weighted by atomic mass is 16.5. The standard InChI is InChI=1S/C21H24N4O3/c1-15-6-7-17(18(13-15)27-2)28-14-20(26)24-11-8-16(9-12-24)21-23-22-19-5-3-4-10-25(19)21/h3-7,10,13,16H,8-9,11-12,14H2,1-2H3. The number of nitrogens with zero attached hydrogens (tertiary/aromatic N) is 4. The molecule has 146 valence electrons. The Bertz CT molecular complexity index is 977. The van der Waals surface area contributed by atoms with Gasteiger partial charge in [0.25, 0.3) is 5.91 Å². The molecule has 1 aliphatic heterocycles. The Kier molecular flexibility index (Phi) is 5.14. The van der Waals surface area contributed by atoms with E-state index < -0.39 is 0 Å². The number of amides is 1. The minimum atomic E-state index is -0.00724. The molecule has 0 bridgehead atoms. The number of carbonyl (C=O) groups excluding carboxylic acids is 1. The number of benzene rings is 1. The number of pyridine rings is 1. The van der Waals surface area contributed by atoms with Gasteiger partial charge >= 0.3 is 0 Å². The van der Waals surface area contributed by atoms with E-state index in [2.05, 4.69) is 10.2 Å². The third-order valence-corrected chi connectivity index (χ3v) is 5.22. The largest absolute Gasteiger partial charge is 0.493 e. The zero-order valence-electron chi connectivity index (χ0n) is 16.2. The number of rotatable bonds is 5. The van der Waals surface area contributed by atoms with E-state index in [-0.39, 0.29) is 12.5 Å². The first kappa shape index (κ1) is 18.3. The molecule has 1 fully saturated rings. The van der Waals surface area contributed by atoms with Crippen molar-refractivity contribution in [1.82, 2.24) is 19.5 Å². The molecule has 1 amide bonds. The van der Waals surface area contributed by atoms with Crippen LogP contribution in [0.5, 0.6) is 11.5 Å². The number of aryl methyl sites for hydroxylation is 1. The molecular formula is C21H24N4O3. The normalized spacial score (nSPS) is 15.0. The molecule has 1 aliphatic rings. The van der Waals surface area contributed by atoms with Gasteiger partial charge in [0.05, 0.1) is 7.11 Å². The summed E-state index contributed by atoms with van der Waals surface area (Å²) >= 11 is 0. The summed E-state index contributed by atoms with van der Waals surface area (Å²) in [4.78, 5) is 14.4. The molecule has 28 heavy (non-hydrogen) atoms. The van der Waals surface area contributed by atoms with Crippen LogP contribution in [0, 0.1) is 6.92 Å². The molecule has 0 spiro atoms. The molecule has 0 N–H and O–H groups in total. The summed E-state index contributed by atoms with van der Waals surface area (Å²) in [5.41, 5.74) is 1.94. The van der Waals surface area contributed by atoms with E-state index in [1.54, 1.807) is 7.11 Å². The lowest BCUT2D eigenvalue weighted by Crippen LogP contribution is -2.40. The first-order chi connectivity index (χ1) is 13.7. The number of fused-ring (bicyclic) bond motifs is 1. The second-order valence-electron chi connectivity index (χ2n) is 7.09. The van der Waals surface area contributed by atoms with E-state index in [1.165, 1.54) is 0 Å². The van der Waals surface area contributed by atoms with Gasteiger partial charge in [-0.25, -0.2) is 0 Å². The smallest absolute Gasteiger partial charge is 0.260 e. The predicted molar refractivity (Wildman–Crippen MR) is 105 cm³/mol. The molecule has 0 unspecified atom stereocenters. The highest BCUT2D eigenvalue weighted by Crippen LogP contribution is 2.29. The summed E-state index contributed by atoms with van der Waals surface area (Å²) in [5, 5.41) is 8.60. The van der Waals surface area contributed by atoms with Crippen LogP contribution < -0.4 is 9.47 Å². The second kappa shape index (κ2) is 7.88. The van der Waals surface area contributed by atoms with Crippen molar-refractivity contribution in [2.75, 3.05) is 26.8 Å². The van der Waals surface area contributed by atoms with Crippen molar-refractivity contribution in [3.8, 4) is 11.5 Å². The Hall–Kier alpha value is -3.09. The molecule has 3 aromatic rings. The van der Waals surface area contributed by atoms with E-state index in [1.807, 2.05) is 58.8 Å². The SMILES string of the molecule is COc1cc(C)ccc1OCC(=O)N1CCC(c2nnc3ccccn23)CC1. The fourth-order valence-electron chi connectivity index (χ4n) is 3.65. The van der Waals surface area contributed by atoms with Gasteiger partial charge in [-0.3, -0.25) is 9.20 Å². The lowest BCUT2D eigenvalue weighted by atomic mass is 9.96. The van der Waals surface area contributed by atoms with Gasteiger partial charge in [-0.1, -0.05) is 12.1 Å². The van der Waals surface area contributed by atoms with E-state index in [0.29, 0.717) is 30.5 Å². The van der Waals surface area contributed by atoms with Crippen LogP contribution in [0.2, 0.25) is 0 Å². The summed E-state index contributed by atoms with van der Waals surface area (Å²) < 4.78 is 13.1.